The Hall–Kier alpha value is -1.80. The number of hydrogen-bond donors (Lipinski definition) is 2. The largest absolute Gasteiger partial charge is 0.362 e. The molecule has 4 rings (SSSR count). The first-order valence-electron chi connectivity index (χ1n) is 11.2. The van der Waals surface area contributed by atoms with E-state index >= 15 is 0 Å². The number of anilines is 2. The van der Waals surface area contributed by atoms with E-state index < -0.39 is 0 Å². The van der Waals surface area contributed by atoms with Crippen LogP contribution in [0.15, 0.2) is 24.4 Å². The van der Waals surface area contributed by atoms with Crippen molar-refractivity contribution < 1.29 is 4.79 Å². The number of carbonyl (C=O) groups excluding carboxylic acids is 1. The number of rotatable bonds is 5. The Morgan fingerprint density at radius 3 is 2.70 bits per heavy atom. The predicted octanol–water partition coefficient (Wildman–Crippen LogP) is 4.79. The molecule has 2 atom stereocenters. The Bertz CT molecular complexity index is 1030. The van der Waals surface area contributed by atoms with Crippen LogP contribution in [0.2, 0.25) is 15.1 Å². The van der Waals surface area contributed by atoms with Crippen molar-refractivity contribution in [3.05, 3.63) is 45.0 Å². The molecule has 1 aromatic heterocycles. The van der Waals surface area contributed by atoms with E-state index in [-0.39, 0.29) is 23.5 Å². The summed E-state index contributed by atoms with van der Waals surface area (Å²) in [6.07, 6.45) is 3.56. The highest BCUT2D eigenvalue weighted by molar-refractivity contribution is 6.35. The Morgan fingerprint density at radius 2 is 2.03 bits per heavy atom. The van der Waals surface area contributed by atoms with E-state index in [0.717, 1.165) is 24.9 Å². The van der Waals surface area contributed by atoms with Crippen LogP contribution in [0.3, 0.4) is 0 Å². The molecule has 2 saturated heterocycles. The number of hydrogen-bond acceptors (Lipinski definition) is 6. The van der Waals surface area contributed by atoms with Gasteiger partial charge >= 0.3 is 0 Å². The van der Waals surface area contributed by atoms with E-state index in [1.165, 1.54) is 0 Å². The lowest BCUT2D eigenvalue weighted by molar-refractivity contribution is -0.139. The lowest BCUT2D eigenvalue weighted by Crippen LogP contribution is -2.63. The number of nitrogens with zero attached hydrogens (tertiary/aromatic N) is 4. The zero-order valence-corrected chi connectivity index (χ0v) is 21.3. The molecular formula is C23H29Cl3N6O. The monoisotopic (exact) mass is 510 g/mol. The topological polar surface area (TPSA) is 73.4 Å². The van der Waals surface area contributed by atoms with Crippen LogP contribution in [0.25, 0.3) is 0 Å². The first kappa shape index (κ1) is 24.3. The van der Waals surface area contributed by atoms with Crippen LogP contribution in [0.1, 0.15) is 45.2 Å². The minimum atomic E-state index is -0.347. The molecule has 0 spiro atoms. The molecular weight excluding hydrogens is 483 g/mol. The van der Waals surface area contributed by atoms with E-state index in [1.54, 1.807) is 18.3 Å². The zero-order chi connectivity index (χ0) is 23.8. The van der Waals surface area contributed by atoms with Crippen molar-refractivity contribution in [2.75, 3.05) is 36.4 Å². The smallest absolute Gasteiger partial charge is 0.240 e. The zero-order valence-electron chi connectivity index (χ0n) is 19.0. The van der Waals surface area contributed by atoms with Crippen LogP contribution < -0.4 is 15.5 Å². The second-order valence-electron chi connectivity index (χ2n) is 9.27. The quantitative estimate of drug-likeness (QED) is 0.601. The Labute approximate surface area is 209 Å². The number of carbonyl (C=O) groups is 1. The van der Waals surface area contributed by atoms with Gasteiger partial charge in [0.05, 0.1) is 23.8 Å². The Kier molecular flexibility index (Phi) is 7.24. The van der Waals surface area contributed by atoms with Crippen LogP contribution in [-0.2, 0) is 4.79 Å². The fourth-order valence-electron chi connectivity index (χ4n) is 4.56. The number of halogens is 3. The fraction of sp³-hybridized carbons (Fsp3) is 0.522. The highest BCUT2D eigenvalue weighted by Crippen LogP contribution is 2.32. The van der Waals surface area contributed by atoms with E-state index in [0.29, 0.717) is 46.5 Å². The first-order valence-corrected chi connectivity index (χ1v) is 12.3. The molecule has 2 aliphatic heterocycles. The molecule has 1 aromatic carbocycles. The normalized spacial score (nSPS) is 21.2. The fourth-order valence-corrected chi connectivity index (χ4v) is 5.28. The molecule has 0 unspecified atom stereocenters. The molecule has 7 nitrogen and oxygen atoms in total. The van der Waals surface area contributed by atoms with E-state index in [9.17, 15) is 4.79 Å². The van der Waals surface area contributed by atoms with Crippen LogP contribution >= 0.6 is 34.8 Å². The summed E-state index contributed by atoms with van der Waals surface area (Å²) in [5.74, 6) is 1.30. The lowest BCUT2D eigenvalue weighted by Gasteiger charge is -2.48. The molecule has 178 valence electrons. The van der Waals surface area contributed by atoms with Gasteiger partial charge in [-0.1, -0.05) is 40.9 Å². The number of amides is 1. The maximum atomic E-state index is 13.0. The number of nitrogens with one attached hydrogen (secondary N) is 2. The van der Waals surface area contributed by atoms with Gasteiger partial charge < -0.3 is 20.4 Å². The summed E-state index contributed by atoms with van der Waals surface area (Å²) in [5.41, 5.74) is 0.548. The van der Waals surface area contributed by atoms with Gasteiger partial charge in [-0.15, -0.1) is 0 Å². The van der Waals surface area contributed by atoms with Gasteiger partial charge in [0.15, 0.2) is 5.82 Å². The molecule has 2 aliphatic rings. The molecule has 0 aliphatic carbocycles. The summed E-state index contributed by atoms with van der Waals surface area (Å²) in [6.45, 7) is 8.97. The second-order valence-corrected chi connectivity index (χ2v) is 10.5. The van der Waals surface area contributed by atoms with Gasteiger partial charge in [-0.3, -0.25) is 4.79 Å². The van der Waals surface area contributed by atoms with E-state index in [2.05, 4.69) is 34.4 Å². The van der Waals surface area contributed by atoms with Crippen molar-refractivity contribution in [3.63, 3.8) is 0 Å². The third kappa shape index (κ3) is 5.32. The van der Waals surface area contributed by atoms with Gasteiger partial charge in [0.1, 0.15) is 5.02 Å². The molecule has 33 heavy (non-hydrogen) atoms. The van der Waals surface area contributed by atoms with Gasteiger partial charge in [-0.25, -0.2) is 4.98 Å². The average Bonchev–Trinajstić information content (AvgIpc) is 3.29. The van der Waals surface area contributed by atoms with Crippen LogP contribution in [0, 0.1) is 0 Å². The summed E-state index contributed by atoms with van der Waals surface area (Å²) in [5, 5.41) is 8.25. The minimum absolute atomic E-state index is 0.0698. The molecule has 2 aromatic rings. The van der Waals surface area contributed by atoms with Gasteiger partial charge in [-0.05, 0) is 57.9 Å². The third-order valence-corrected chi connectivity index (χ3v) is 7.16. The molecule has 0 radical (unpaired) electrons. The standard InChI is InChI=1S/C23H29Cl3N6O/c1-14(16-7-6-15(24)11-17(16)25)29-20-18(26)12-28-22(30-20)31-9-10-32(23(2,3)13-31)21(33)19-5-4-8-27-19/h6-7,11-12,14,19,27H,4-5,8-10,13H2,1-3H3,(H,28,29,30)/t14-,19-/m1/s1. The minimum Gasteiger partial charge on any atom is -0.362 e. The second kappa shape index (κ2) is 9.82. The van der Waals surface area contributed by atoms with Crippen molar-refractivity contribution >= 4 is 52.5 Å². The maximum absolute atomic E-state index is 13.0. The third-order valence-electron chi connectivity index (χ3n) is 6.32. The Morgan fingerprint density at radius 1 is 1.24 bits per heavy atom. The lowest BCUT2D eigenvalue weighted by atomic mass is 9.97. The van der Waals surface area contributed by atoms with Crippen LogP contribution in [0.5, 0.6) is 0 Å². The van der Waals surface area contributed by atoms with E-state index in [4.69, 9.17) is 39.8 Å². The maximum Gasteiger partial charge on any atom is 0.240 e. The summed E-state index contributed by atoms with van der Waals surface area (Å²) in [6, 6.07) is 5.20. The molecule has 0 saturated carbocycles. The van der Waals surface area contributed by atoms with Gasteiger partial charge in [0, 0.05) is 29.7 Å². The molecule has 3 heterocycles. The van der Waals surface area contributed by atoms with Crippen LogP contribution in [0.4, 0.5) is 11.8 Å². The highest BCUT2D eigenvalue weighted by atomic mass is 35.5. The summed E-state index contributed by atoms with van der Waals surface area (Å²) < 4.78 is 0. The molecule has 1 amide bonds. The van der Waals surface area contributed by atoms with E-state index in [1.807, 2.05) is 17.9 Å². The molecule has 0 bridgehead atoms. The molecule has 2 fully saturated rings. The SMILES string of the molecule is C[C@@H](Nc1nc(N2CCN(C(=O)[C@H]3CCCN3)C(C)(C)C2)ncc1Cl)c1ccc(Cl)cc1Cl. The Balaban J connectivity index is 1.49. The van der Waals surface area contributed by atoms with Gasteiger partial charge in [0.25, 0.3) is 0 Å². The van der Waals surface area contributed by atoms with Gasteiger partial charge in [0.2, 0.25) is 11.9 Å². The highest BCUT2D eigenvalue weighted by Gasteiger charge is 2.40. The van der Waals surface area contributed by atoms with Crippen molar-refractivity contribution in [3.8, 4) is 0 Å². The van der Waals surface area contributed by atoms with Gasteiger partial charge in [-0.2, -0.15) is 4.98 Å². The number of piperazine rings is 1. The first-order chi connectivity index (χ1) is 15.7. The van der Waals surface area contributed by atoms with Crippen molar-refractivity contribution in [2.45, 2.75) is 51.2 Å². The number of benzene rings is 1. The van der Waals surface area contributed by atoms with Crippen LogP contribution in [-0.4, -0.2) is 58.5 Å². The predicted molar refractivity (Wildman–Crippen MR) is 135 cm³/mol. The van der Waals surface area contributed by atoms with Crippen molar-refractivity contribution in [2.24, 2.45) is 0 Å². The molecule has 10 heteroatoms. The van der Waals surface area contributed by atoms with Crippen molar-refractivity contribution in [1.29, 1.82) is 0 Å². The average molecular weight is 512 g/mol. The summed E-state index contributed by atoms with van der Waals surface area (Å²) in [7, 11) is 0. The summed E-state index contributed by atoms with van der Waals surface area (Å²) >= 11 is 18.8. The van der Waals surface area contributed by atoms with Crippen molar-refractivity contribution in [1.82, 2.24) is 20.2 Å². The number of aromatic nitrogens is 2. The molecule has 2 N–H and O–H groups in total. The summed E-state index contributed by atoms with van der Waals surface area (Å²) in [4.78, 5) is 26.3.